The highest BCUT2D eigenvalue weighted by Gasteiger charge is 2.23. The predicted octanol–water partition coefficient (Wildman–Crippen LogP) is 5.20. The van der Waals surface area contributed by atoms with Crippen molar-refractivity contribution in [2.75, 3.05) is 29.6 Å². The van der Waals surface area contributed by atoms with Crippen LogP contribution in [0, 0.1) is 6.92 Å². The zero-order valence-electron chi connectivity index (χ0n) is 18.7. The average Bonchev–Trinajstić information content (AvgIpc) is 2.77. The first kappa shape index (κ1) is 22.1. The maximum atomic E-state index is 12.4. The molecule has 3 aromatic rings. The minimum absolute atomic E-state index is 0.141. The van der Waals surface area contributed by atoms with Gasteiger partial charge in [-0.05, 0) is 62.4 Å². The Morgan fingerprint density at radius 2 is 1.72 bits per heavy atom. The van der Waals surface area contributed by atoms with Crippen LogP contribution in [0.4, 0.5) is 22.2 Å². The molecule has 32 heavy (non-hydrogen) atoms. The molecule has 0 unspecified atom stereocenters. The zero-order valence-corrected chi connectivity index (χ0v) is 19.4. The largest absolute Gasteiger partial charge is 0.362 e. The lowest BCUT2D eigenvalue weighted by Crippen LogP contribution is -2.42. The number of nitrogens with one attached hydrogen (secondary N) is 3. The Bertz CT molecular complexity index is 1110. The van der Waals surface area contributed by atoms with Gasteiger partial charge in [0.05, 0.1) is 5.52 Å². The zero-order chi connectivity index (χ0) is 22.7. The third kappa shape index (κ3) is 5.05. The number of carbonyl (C=O) groups excluding carboxylic acids is 1. The summed E-state index contributed by atoms with van der Waals surface area (Å²) in [6, 6.07) is 13.8. The van der Waals surface area contributed by atoms with Gasteiger partial charge in [0.1, 0.15) is 5.82 Å². The highest BCUT2D eigenvalue weighted by molar-refractivity contribution is 6.31. The van der Waals surface area contributed by atoms with Gasteiger partial charge in [0, 0.05) is 42.3 Å². The van der Waals surface area contributed by atoms with E-state index in [-0.39, 0.29) is 18.1 Å². The Morgan fingerprint density at radius 1 is 1.00 bits per heavy atom. The third-order valence-electron chi connectivity index (χ3n) is 5.92. The molecule has 0 bridgehead atoms. The number of urea groups is 1. The van der Waals surface area contributed by atoms with Crippen LogP contribution >= 0.6 is 11.6 Å². The van der Waals surface area contributed by atoms with Gasteiger partial charge in [-0.2, -0.15) is 4.98 Å². The van der Waals surface area contributed by atoms with Crippen molar-refractivity contribution in [2.45, 2.75) is 44.7 Å². The van der Waals surface area contributed by atoms with Gasteiger partial charge in [-0.3, -0.25) is 0 Å². The van der Waals surface area contributed by atoms with E-state index in [4.69, 9.17) is 21.6 Å². The van der Waals surface area contributed by atoms with Crippen LogP contribution in [0.2, 0.25) is 5.02 Å². The number of fused-ring (bicyclic) bond motifs is 1. The molecule has 0 atom stereocenters. The highest BCUT2D eigenvalue weighted by Crippen LogP contribution is 2.27. The van der Waals surface area contributed by atoms with Crippen molar-refractivity contribution in [3.63, 3.8) is 0 Å². The second kappa shape index (κ2) is 9.61. The van der Waals surface area contributed by atoms with Crippen LogP contribution in [-0.2, 0) is 0 Å². The average molecular weight is 453 g/mol. The Morgan fingerprint density at radius 3 is 2.47 bits per heavy atom. The summed E-state index contributed by atoms with van der Waals surface area (Å²) in [6.07, 6.45) is 3.67. The highest BCUT2D eigenvalue weighted by atomic mass is 35.5. The first-order valence-corrected chi connectivity index (χ1v) is 11.3. The molecule has 0 aliphatic heterocycles. The summed E-state index contributed by atoms with van der Waals surface area (Å²) in [5, 5.41) is 11.2. The summed E-state index contributed by atoms with van der Waals surface area (Å²) in [6.45, 7) is 1.89. The summed E-state index contributed by atoms with van der Waals surface area (Å²) in [5.41, 5.74) is 2.53. The molecule has 1 aliphatic carbocycles. The van der Waals surface area contributed by atoms with Crippen LogP contribution in [0.5, 0.6) is 0 Å². The van der Waals surface area contributed by atoms with Gasteiger partial charge >= 0.3 is 6.03 Å². The molecule has 1 heterocycles. The lowest BCUT2D eigenvalue weighted by atomic mass is 9.91. The maximum Gasteiger partial charge on any atom is 0.319 e. The number of anilines is 3. The van der Waals surface area contributed by atoms with Crippen LogP contribution in [0.3, 0.4) is 0 Å². The van der Waals surface area contributed by atoms with Crippen molar-refractivity contribution < 1.29 is 4.79 Å². The Balaban J connectivity index is 1.33. The Hall–Kier alpha value is -3.06. The summed E-state index contributed by atoms with van der Waals surface area (Å²) < 4.78 is 0. The first-order valence-electron chi connectivity index (χ1n) is 10.9. The van der Waals surface area contributed by atoms with Gasteiger partial charge < -0.3 is 20.9 Å². The van der Waals surface area contributed by atoms with Crippen molar-refractivity contribution >= 4 is 46.0 Å². The van der Waals surface area contributed by atoms with Gasteiger partial charge in [0.25, 0.3) is 0 Å². The van der Waals surface area contributed by atoms with E-state index >= 15 is 0 Å². The molecule has 0 spiro atoms. The Labute approximate surface area is 193 Å². The van der Waals surface area contributed by atoms with Gasteiger partial charge in [-0.1, -0.05) is 29.8 Å². The maximum absolute atomic E-state index is 12.4. The number of halogens is 1. The van der Waals surface area contributed by atoms with Crippen molar-refractivity contribution in [3.8, 4) is 0 Å². The molecule has 7 nitrogen and oxygen atoms in total. The second-order valence-corrected chi connectivity index (χ2v) is 8.89. The lowest BCUT2D eigenvalue weighted by Gasteiger charge is -2.30. The van der Waals surface area contributed by atoms with Crippen LogP contribution in [0.15, 0.2) is 42.5 Å². The molecule has 0 radical (unpaired) electrons. The molecule has 8 heteroatoms. The standard InChI is InChI=1S/C24H29ClN6O/c1-15-19(25)8-6-10-20(15)29-24(32)27-17-13-11-16(12-14-17)26-23-28-21-9-5-4-7-18(21)22(30-23)31(2)3/h4-10,16-17H,11-14H2,1-3H3,(H,26,28,30)(H2,27,29,32). The van der Waals surface area contributed by atoms with E-state index < -0.39 is 0 Å². The fourth-order valence-electron chi connectivity index (χ4n) is 4.12. The van der Waals surface area contributed by atoms with Crippen molar-refractivity contribution in [1.82, 2.24) is 15.3 Å². The number of amides is 2. The minimum Gasteiger partial charge on any atom is -0.362 e. The number of aromatic nitrogens is 2. The number of hydrogen-bond acceptors (Lipinski definition) is 5. The van der Waals surface area contributed by atoms with E-state index in [1.165, 1.54) is 0 Å². The van der Waals surface area contributed by atoms with Gasteiger partial charge in [-0.25, -0.2) is 9.78 Å². The molecule has 4 rings (SSSR count). The third-order valence-corrected chi connectivity index (χ3v) is 6.33. The first-order chi connectivity index (χ1) is 15.4. The number of para-hydroxylation sites is 1. The van der Waals surface area contributed by atoms with Gasteiger partial charge in [0.2, 0.25) is 5.95 Å². The van der Waals surface area contributed by atoms with E-state index in [0.717, 1.165) is 53.7 Å². The summed E-state index contributed by atoms with van der Waals surface area (Å²) in [4.78, 5) is 23.9. The number of rotatable bonds is 5. The van der Waals surface area contributed by atoms with Crippen LogP contribution < -0.4 is 20.9 Å². The van der Waals surface area contributed by atoms with Crippen molar-refractivity contribution in [1.29, 1.82) is 0 Å². The number of nitrogens with zero attached hydrogens (tertiary/aromatic N) is 3. The van der Waals surface area contributed by atoms with E-state index in [0.29, 0.717) is 11.0 Å². The summed E-state index contributed by atoms with van der Waals surface area (Å²) >= 11 is 6.14. The van der Waals surface area contributed by atoms with Crippen LogP contribution in [0.25, 0.3) is 10.9 Å². The molecule has 3 N–H and O–H groups in total. The molecular weight excluding hydrogens is 424 g/mol. The molecule has 1 aliphatic rings. The second-order valence-electron chi connectivity index (χ2n) is 8.49. The molecule has 168 valence electrons. The number of hydrogen-bond donors (Lipinski definition) is 3. The van der Waals surface area contributed by atoms with Crippen LogP contribution in [-0.4, -0.2) is 42.2 Å². The molecule has 1 saturated carbocycles. The lowest BCUT2D eigenvalue weighted by molar-refractivity contribution is 0.243. The van der Waals surface area contributed by atoms with E-state index in [2.05, 4.69) is 16.0 Å². The fourth-order valence-corrected chi connectivity index (χ4v) is 4.29. The van der Waals surface area contributed by atoms with Gasteiger partial charge in [0.15, 0.2) is 0 Å². The number of benzene rings is 2. The monoisotopic (exact) mass is 452 g/mol. The molecule has 1 fully saturated rings. The normalized spacial score (nSPS) is 18.2. The van der Waals surface area contributed by atoms with E-state index in [1.54, 1.807) is 0 Å². The molecule has 2 aromatic carbocycles. The van der Waals surface area contributed by atoms with Crippen molar-refractivity contribution in [2.24, 2.45) is 0 Å². The predicted molar refractivity (Wildman–Crippen MR) is 132 cm³/mol. The Kier molecular flexibility index (Phi) is 6.65. The SMILES string of the molecule is Cc1c(Cl)cccc1NC(=O)NC1CCC(Nc2nc(N(C)C)c3ccccc3n2)CC1. The molecule has 0 saturated heterocycles. The van der Waals surface area contributed by atoms with Gasteiger partial charge in [-0.15, -0.1) is 0 Å². The topological polar surface area (TPSA) is 82.2 Å². The summed E-state index contributed by atoms with van der Waals surface area (Å²) in [5.74, 6) is 1.56. The minimum atomic E-state index is -0.194. The van der Waals surface area contributed by atoms with E-state index in [1.807, 2.05) is 68.4 Å². The van der Waals surface area contributed by atoms with Crippen LogP contribution in [0.1, 0.15) is 31.2 Å². The summed E-state index contributed by atoms with van der Waals surface area (Å²) in [7, 11) is 3.98. The van der Waals surface area contributed by atoms with Crippen molar-refractivity contribution in [3.05, 3.63) is 53.1 Å². The number of carbonyl (C=O) groups is 1. The smallest absolute Gasteiger partial charge is 0.319 e. The molecule has 1 aromatic heterocycles. The fraction of sp³-hybridized carbons (Fsp3) is 0.375. The quantitative estimate of drug-likeness (QED) is 0.495. The molecular formula is C24H29ClN6O. The van der Waals surface area contributed by atoms with E-state index in [9.17, 15) is 4.79 Å². The molecule has 2 amide bonds.